The Hall–Kier alpha value is -1.60. The van der Waals surface area contributed by atoms with Crippen LogP contribution in [0.25, 0.3) is 0 Å². The number of pyridine rings is 1. The summed E-state index contributed by atoms with van der Waals surface area (Å²) in [5, 5.41) is 3.83. The number of aryl methyl sites for hydroxylation is 2. The summed E-state index contributed by atoms with van der Waals surface area (Å²) in [5.74, 6) is 1.70. The van der Waals surface area contributed by atoms with Gasteiger partial charge in [0.1, 0.15) is 11.6 Å². The van der Waals surface area contributed by atoms with E-state index in [0.29, 0.717) is 12.3 Å². The van der Waals surface area contributed by atoms with Crippen molar-refractivity contribution in [1.29, 1.82) is 0 Å². The van der Waals surface area contributed by atoms with Gasteiger partial charge in [-0.05, 0) is 56.7 Å². The van der Waals surface area contributed by atoms with E-state index >= 15 is 0 Å². The molecule has 1 N–H and O–H groups in total. The number of hydrogen-bond donors (Lipinski definition) is 1. The van der Waals surface area contributed by atoms with Crippen LogP contribution in [0.1, 0.15) is 37.9 Å². The highest BCUT2D eigenvalue weighted by Crippen LogP contribution is 2.36. The number of fused-ring (bicyclic) bond motifs is 1. The van der Waals surface area contributed by atoms with Crippen molar-refractivity contribution in [2.45, 2.75) is 45.6 Å². The standard InChI is InChI=1S/C21H32N4O2S/c1-14-8-15(2)11-24(10-14)7-5-6-22-18(26)12-25-19(27)13-28-21-20(25)16(3)9-17(4)23-21/h9,14-15H,5-8,10-13H2,1-4H3,(H,22,26)/t14-,15-/m1/s1. The van der Waals surface area contributed by atoms with E-state index in [1.807, 2.05) is 19.9 Å². The van der Waals surface area contributed by atoms with Gasteiger partial charge in [-0.3, -0.25) is 14.5 Å². The number of nitrogens with one attached hydrogen (secondary N) is 1. The average molecular weight is 405 g/mol. The molecule has 28 heavy (non-hydrogen) atoms. The zero-order valence-electron chi connectivity index (χ0n) is 17.5. The second kappa shape index (κ2) is 9.27. The Bertz CT molecular complexity index is 729. The summed E-state index contributed by atoms with van der Waals surface area (Å²) < 4.78 is 0. The molecule has 154 valence electrons. The minimum Gasteiger partial charge on any atom is -0.355 e. The highest BCUT2D eigenvalue weighted by molar-refractivity contribution is 8.00. The third kappa shape index (κ3) is 5.26. The molecule has 2 amide bonds. The van der Waals surface area contributed by atoms with Gasteiger partial charge in [0.05, 0.1) is 11.4 Å². The zero-order chi connectivity index (χ0) is 20.3. The van der Waals surface area contributed by atoms with Crippen LogP contribution in [0.15, 0.2) is 11.1 Å². The van der Waals surface area contributed by atoms with Gasteiger partial charge in [0.15, 0.2) is 0 Å². The molecule has 0 unspecified atom stereocenters. The van der Waals surface area contributed by atoms with Gasteiger partial charge >= 0.3 is 0 Å². The maximum atomic E-state index is 12.5. The first-order valence-corrected chi connectivity index (χ1v) is 11.2. The molecule has 2 atom stereocenters. The number of amides is 2. The summed E-state index contributed by atoms with van der Waals surface area (Å²) >= 11 is 1.45. The Morgan fingerprint density at radius 3 is 2.71 bits per heavy atom. The number of likely N-dealkylation sites (tertiary alicyclic amines) is 1. The summed E-state index contributed by atoms with van der Waals surface area (Å²) in [7, 11) is 0. The molecular weight excluding hydrogens is 372 g/mol. The van der Waals surface area contributed by atoms with Gasteiger partial charge in [0.2, 0.25) is 11.8 Å². The lowest BCUT2D eigenvalue weighted by atomic mass is 9.92. The molecule has 0 aliphatic carbocycles. The van der Waals surface area contributed by atoms with E-state index in [4.69, 9.17) is 0 Å². The smallest absolute Gasteiger partial charge is 0.240 e. The molecule has 7 heteroatoms. The third-order valence-electron chi connectivity index (χ3n) is 5.40. The molecule has 1 aromatic rings. The lowest BCUT2D eigenvalue weighted by Gasteiger charge is -2.35. The lowest BCUT2D eigenvalue weighted by molar-refractivity contribution is -0.123. The van der Waals surface area contributed by atoms with Crippen molar-refractivity contribution in [2.24, 2.45) is 11.8 Å². The van der Waals surface area contributed by atoms with Gasteiger partial charge < -0.3 is 10.2 Å². The number of nitrogens with zero attached hydrogens (tertiary/aromatic N) is 3. The van der Waals surface area contributed by atoms with Crippen molar-refractivity contribution in [2.75, 3.05) is 43.4 Å². The first kappa shape index (κ1) is 21.1. The molecule has 2 aliphatic rings. The molecular formula is C21H32N4O2S. The number of aromatic nitrogens is 1. The number of carbonyl (C=O) groups excluding carboxylic acids is 2. The van der Waals surface area contributed by atoms with Crippen LogP contribution in [0.3, 0.4) is 0 Å². The van der Waals surface area contributed by atoms with Crippen LogP contribution in [-0.4, -0.2) is 60.2 Å². The van der Waals surface area contributed by atoms with Crippen LogP contribution in [0.2, 0.25) is 0 Å². The fourth-order valence-corrected chi connectivity index (χ4v) is 5.46. The van der Waals surface area contributed by atoms with E-state index in [2.05, 4.69) is 29.0 Å². The number of hydrogen-bond acceptors (Lipinski definition) is 5. The SMILES string of the molecule is Cc1cc(C)c2c(n1)SCC(=O)N2CC(=O)NCCCN1C[C@H](C)C[C@@H](C)C1. The van der Waals surface area contributed by atoms with Crippen LogP contribution in [0.4, 0.5) is 5.69 Å². The molecule has 0 radical (unpaired) electrons. The summed E-state index contributed by atoms with van der Waals surface area (Å²) in [6.45, 7) is 12.6. The fourth-order valence-electron chi connectivity index (χ4n) is 4.43. The number of carbonyl (C=O) groups is 2. The van der Waals surface area contributed by atoms with Crippen molar-refractivity contribution < 1.29 is 9.59 Å². The molecule has 0 aromatic carbocycles. The van der Waals surface area contributed by atoms with Gasteiger partial charge in [-0.25, -0.2) is 4.98 Å². The predicted octanol–water partition coefficient (Wildman–Crippen LogP) is 2.62. The number of thioether (sulfide) groups is 1. The van der Waals surface area contributed by atoms with E-state index in [0.717, 1.165) is 59.9 Å². The van der Waals surface area contributed by atoms with Gasteiger partial charge in [0.25, 0.3) is 0 Å². The minimum absolute atomic E-state index is 0.0299. The van der Waals surface area contributed by atoms with E-state index in [1.54, 1.807) is 4.90 Å². The monoisotopic (exact) mass is 404 g/mol. The largest absolute Gasteiger partial charge is 0.355 e. The van der Waals surface area contributed by atoms with Crippen LogP contribution in [0, 0.1) is 25.7 Å². The highest BCUT2D eigenvalue weighted by atomic mass is 32.2. The summed E-state index contributed by atoms with van der Waals surface area (Å²) in [4.78, 5) is 33.5. The van der Waals surface area contributed by atoms with Crippen LogP contribution >= 0.6 is 11.8 Å². The topological polar surface area (TPSA) is 65.5 Å². The van der Waals surface area contributed by atoms with Crippen LogP contribution < -0.4 is 10.2 Å². The molecule has 3 rings (SSSR count). The van der Waals surface area contributed by atoms with E-state index < -0.39 is 0 Å². The Morgan fingerprint density at radius 1 is 1.29 bits per heavy atom. The van der Waals surface area contributed by atoms with Crippen LogP contribution in [-0.2, 0) is 9.59 Å². The van der Waals surface area contributed by atoms with Gasteiger partial charge in [0, 0.05) is 25.3 Å². The quantitative estimate of drug-likeness (QED) is 0.739. The molecule has 0 spiro atoms. The molecule has 1 saturated heterocycles. The summed E-state index contributed by atoms with van der Waals surface area (Å²) in [6, 6.07) is 1.96. The summed E-state index contributed by atoms with van der Waals surface area (Å²) in [6.07, 6.45) is 2.25. The van der Waals surface area contributed by atoms with E-state index in [9.17, 15) is 9.59 Å². The molecule has 0 bridgehead atoms. The maximum Gasteiger partial charge on any atom is 0.240 e. The molecule has 2 aliphatic heterocycles. The van der Waals surface area contributed by atoms with Crippen molar-refractivity contribution in [3.8, 4) is 0 Å². The first-order chi connectivity index (χ1) is 13.3. The van der Waals surface area contributed by atoms with Crippen molar-refractivity contribution >= 4 is 29.3 Å². The normalized spacial score (nSPS) is 22.9. The Labute approximate surface area is 172 Å². The van der Waals surface area contributed by atoms with Crippen LogP contribution in [0.5, 0.6) is 0 Å². The molecule has 3 heterocycles. The van der Waals surface area contributed by atoms with Gasteiger partial charge in [-0.1, -0.05) is 25.6 Å². The maximum absolute atomic E-state index is 12.5. The Morgan fingerprint density at radius 2 is 2.00 bits per heavy atom. The van der Waals surface area contributed by atoms with Gasteiger partial charge in [-0.15, -0.1) is 0 Å². The van der Waals surface area contributed by atoms with E-state index in [-0.39, 0.29) is 18.4 Å². The van der Waals surface area contributed by atoms with Crippen molar-refractivity contribution in [3.63, 3.8) is 0 Å². The molecule has 1 aromatic heterocycles. The van der Waals surface area contributed by atoms with Crippen molar-refractivity contribution in [1.82, 2.24) is 15.2 Å². The predicted molar refractivity (Wildman–Crippen MR) is 114 cm³/mol. The third-order valence-corrected chi connectivity index (χ3v) is 6.35. The fraction of sp³-hybridized carbons (Fsp3) is 0.667. The molecule has 6 nitrogen and oxygen atoms in total. The highest BCUT2D eigenvalue weighted by Gasteiger charge is 2.29. The Kier molecular flexibility index (Phi) is 6.99. The van der Waals surface area contributed by atoms with Crippen molar-refractivity contribution in [3.05, 3.63) is 17.3 Å². The minimum atomic E-state index is -0.105. The van der Waals surface area contributed by atoms with Gasteiger partial charge in [-0.2, -0.15) is 0 Å². The number of piperidine rings is 1. The molecule has 0 saturated carbocycles. The summed E-state index contributed by atoms with van der Waals surface area (Å²) in [5.41, 5.74) is 2.71. The lowest BCUT2D eigenvalue weighted by Crippen LogP contribution is -2.44. The first-order valence-electron chi connectivity index (χ1n) is 10.2. The second-order valence-electron chi connectivity index (χ2n) is 8.41. The number of anilines is 1. The second-order valence-corrected chi connectivity index (χ2v) is 9.38. The molecule has 1 fully saturated rings. The van der Waals surface area contributed by atoms with E-state index in [1.165, 1.54) is 18.2 Å². The zero-order valence-corrected chi connectivity index (χ0v) is 18.3. The number of rotatable bonds is 6. The average Bonchev–Trinajstić information content (AvgIpc) is 2.60. The Balaban J connectivity index is 1.49.